The van der Waals surface area contributed by atoms with Gasteiger partial charge in [-0.3, -0.25) is 4.79 Å². The van der Waals surface area contributed by atoms with Gasteiger partial charge < -0.3 is 28.4 Å². The van der Waals surface area contributed by atoms with E-state index in [0.717, 1.165) is 0 Å². The van der Waals surface area contributed by atoms with E-state index in [1.165, 1.54) is 39.7 Å². The van der Waals surface area contributed by atoms with E-state index in [4.69, 9.17) is 28.4 Å². The number of hydrogen-bond donors (Lipinski definition) is 1. The van der Waals surface area contributed by atoms with Crippen molar-refractivity contribution in [3.63, 3.8) is 0 Å². The Bertz CT molecular complexity index is 1250. The normalized spacial score (nSPS) is 10.5. The maximum absolute atomic E-state index is 12.6. The highest BCUT2D eigenvalue weighted by molar-refractivity contribution is 5.96. The minimum Gasteiger partial charge on any atom is -0.497 e. The van der Waals surface area contributed by atoms with Crippen LogP contribution in [0.1, 0.15) is 33.2 Å². The highest BCUT2D eigenvalue weighted by Gasteiger charge is 2.17. The minimum absolute atomic E-state index is 0.251. The molecular formula is C27H28N2O8. The molecule has 3 aromatic carbocycles. The summed E-state index contributed by atoms with van der Waals surface area (Å²) in [4.78, 5) is 25.2. The van der Waals surface area contributed by atoms with Crippen LogP contribution in [0.25, 0.3) is 0 Å². The topological polar surface area (TPSA) is 114 Å². The molecule has 0 fully saturated rings. The number of rotatable bonds is 11. The third kappa shape index (κ3) is 6.69. The SMILES string of the molecule is CCOc1cc(/C=N/NC(=O)c2cc(OC)c(OC)c(OC)c2)ccc1OC(=O)c1ccc(OC)cc1. The average Bonchev–Trinajstić information content (AvgIpc) is 2.93. The monoisotopic (exact) mass is 508 g/mol. The number of ether oxygens (including phenoxy) is 6. The molecule has 1 amide bonds. The van der Waals surface area contributed by atoms with Gasteiger partial charge in [-0.25, -0.2) is 10.2 Å². The van der Waals surface area contributed by atoms with E-state index in [1.54, 1.807) is 49.6 Å². The predicted molar refractivity (Wildman–Crippen MR) is 137 cm³/mol. The molecular weight excluding hydrogens is 480 g/mol. The Kier molecular flexibility index (Phi) is 9.31. The first kappa shape index (κ1) is 26.9. The van der Waals surface area contributed by atoms with Crippen LogP contribution in [0.5, 0.6) is 34.5 Å². The van der Waals surface area contributed by atoms with Gasteiger partial charge in [-0.05, 0) is 67.1 Å². The summed E-state index contributed by atoms with van der Waals surface area (Å²) in [7, 11) is 5.95. The molecule has 3 rings (SSSR count). The van der Waals surface area contributed by atoms with Crippen molar-refractivity contribution in [2.45, 2.75) is 6.92 Å². The fourth-order valence-electron chi connectivity index (χ4n) is 3.29. The molecule has 0 bridgehead atoms. The maximum Gasteiger partial charge on any atom is 0.343 e. The van der Waals surface area contributed by atoms with E-state index in [0.29, 0.717) is 46.5 Å². The van der Waals surface area contributed by atoms with E-state index in [1.807, 2.05) is 6.92 Å². The zero-order chi connectivity index (χ0) is 26.8. The van der Waals surface area contributed by atoms with Crippen molar-refractivity contribution >= 4 is 18.1 Å². The Morgan fingerprint density at radius 1 is 0.784 bits per heavy atom. The van der Waals surface area contributed by atoms with Crippen molar-refractivity contribution in [2.24, 2.45) is 5.10 Å². The van der Waals surface area contributed by atoms with Gasteiger partial charge in [0.05, 0.1) is 46.8 Å². The highest BCUT2D eigenvalue weighted by Crippen LogP contribution is 2.38. The smallest absolute Gasteiger partial charge is 0.343 e. The van der Waals surface area contributed by atoms with Crippen LogP contribution in [-0.4, -0.2) is 53.1 Å². The lowest BCUT2D eigenvalue weighted by atomic mass is 10.1. The Morgan fingerprint density at radius 3 is 2.03 bits per heavy atom. The van der Waals surface area contributed by atoms with Crippen molar-refractivity contribution in [3.8, 4) is 34.5 Å². The molecule has 0 aliphatic heterocycles. The molecule has 0 heterocycles. The van der Waals surface area contributed by atoms with Crippen LogP contribution in [0, 0.1) is 0 Å². The molecule has 194 valence electrons. The number of carbonyl (C=O) groups excluding carboxylic acids is 2. The molecule has 0 aromatic heterocycles. The number of methoxy groups -OCH3 is 4. The first-order chi connectivity index (χ1) is 17.9. The van der Waals surface area contributed by atoms with Crippen molar-refractivity contribution < 1.29 is 38.0 Å². The molecule has 37 heavy (non-hydrogen) atoms. The number of nitrogens with one attached hydrogen (secondary N) is 1. The van der Waals surface area contributed by atoms with Gasteiger partial charge in [0, 0.05) is 5.56 Å². The van der Waals surface area contributed by atoms with E-state index < -0.39 is 11.9 Å². The first-order valence-corrected chi connectivity index (χ1v) is 11.2. The van der Waals surface area contributed by atoms with Gasteiger partial charge in [0.25, 0.3) is 5.91 Å². The lowest BCUT2D eigenvalue weighted by molar-refractivity contribution is 0.0728. The van der Waals surface area contributed by atoms with Gasteiger partial charge in [0.2, 0.25) is 5.75 Å². The quantitative estimate of drug-likeness (QED) is 0.178. The Hall–Kier alpha value is -4.73. The zero-order valence-electron chi connectivity index (χ0n) is 21.2. The van der Waals surface area contributed by atoms with Crippen LogP contribution in [-0.2, 0) is 0 Å². The molecule has 0 aliphatic rings. The molecule has 0 radical (unpaired) electrons. The highest BCUT2D eigenvalue weighted by atomic mass is 16.6. The minimum atomic E-state index is -0.539. The largest absolute Gasteiger partial charge is 0.497 e. The molecule has 0 atom stereocenters. The number of carbonyl (C=O) groups is 2. The Morgan fingerprint density at radius 2 is 1.46 bits per heavy atom. The van der Waals surface area contributed by atoms with Gasteiger partial charge in [-0.15, -0.1) is 0 Å². The van der Waals surface area contributed by atoms with Crippen molar-refractivity contribution in [3.05, 3.63) is 71.3 Å². The predicted octanol–water partition coefficient (Wildman–Crippen LogP) is 4.10. The Balaban J connectivity index is 1.73. The van der Waals surface area contributed by atoms with Gasteiger partial charge in [-0.2, -0.15) is 5.10 Å². The second-order valence-corrected chi connectivity index (χ2v) is 7.37. The molecule has 10 nitrogen and oxygen atoms in total. The molecule has 10 heteroatoms. The summed E-state index contributed by atoms with van der Waals surface area (Å²) >= 11 is 0. The van der Waals surface area contributed by atoms with E-state index in [9.17, 15) is 9.59 Å². The average molecular weight is 509 g/mol. The number of benzene rings is 3. The molecule has 0 saturated carbocycles. The van der Waals surface area contributed by atoms with Crippen LogP contribution in [0.15, 0.2) is 59.7 Å². The summed E-state index contributed by atoms with van der Waals surface area (Å²) in [6.07, 6.45) is 1.44. The third-order valence-electron chi connectivity index (χ3n) is 5.10. The molecule has 0 aliphatic carbocycles. The molecule has 1 N–H and O–H groups in total. The summed E-state index contributed by atoms with van der Waals surface area (Å²) < 4.78 is 32.1. The summed E-state index contributed by atoms with van der Waals surface area (Å²) in [6, 6.07) is 14.5. The number of nitrogens with zero attached hydrogens (tertiary/aromatic N) is 1. The lowest BCUT2D eigenvalue weighted by Crippen LogP contribution is -2.18. The second kappa shape index (κ2) is 12.8. The van der Waals surface area contributed by atoms with Crippen LogP contribution in [0.3, 0.4) is 0 Å². The van der Waals surface area contributed by atoms with Crippen LogP contribution < -0.4 is 33.8 Å². The fraction of sp³-hybridized carbons (Fsp3) is 0.222. The summed E-state index contributed by atoms with van der Waals surface area (Å²) in [5.41, 5.74) is 3.70. The van der Waals surface area contributed by atoms with E-state index in [2.05, 4.69) is 10.5 Å². The number of hydrazone groups is 1. The Labute approximate surface area is 214 Å². The first-order valence-electron chi connectivity index (χ1n) is 11.2. The van der Waals surface area contributed by atoms with Gasteiger partial charge in [-0.1, -0.05) is 0 Å². The van der Waals surface area contributed by atoms with Gasteiger partial charge in [0.15, 0.2) is 23.0 Å². The van der Waals surface area contributed by atoms with Crippen molar-refractivity contribution in [2.75, 3.05) is 35.0 Å². The molecule has 0 saturated heterocycles. The summed E-state index contributed by atoms with van der Waals surface area (Å²) in [6.45, 7) is 2.17. The van der Waals surface area contributed by atoms with Crippen LogP contribution in [0.4, 0.5) is 0 Å². The number of hydrogen-bond acceptors (Lipinski definition) is 9. The summed E-state index contributed by atoms with van der Waals surface area (Å²) in [5.74, 6) is 1.28. The van der Waals surface area contributed by atoms with E-state index >= 15 is 0 Å². The number of amides is 1. The van der Waals surface area contributed by atoms with Gasteiger partial charge >= 0.3 is 5.97 Å². The van der Waals surface area contributed by atoms with Crippen LogP contribution >= 0.6 is 0 Å². The second-order valence-electron chi connectivity index (χ2n) is 7.37. The molecule has 0 unspecified atom stereocenters. The standard InChI is InChI=1S/C27H28N2O8/c1-6-36-22-13-17(7-12-21(22)37-27(31)18-8-10-20(32-2)11-9-18)16-28-29-26(30)19-14-23(33-3)25(35-5)24(15-19)34-4/h7-16H,6H2,1-5H3,(H,29,30)/b28-16+. The maximum atomic E-state index is 12.6. The summed E-state index contributed by atoms with van der Waals surface area (Å²) in [5, 5.41) is 4.01. The zero-order valence-corrected chi connectivity index (χ0v) is 21.2. The molecule has 3 aromatic rings. The molecule has 0 spiro atoms. The van der Waals surface area contributed by atoms with Crippen LogP contribution in [0.2, 0.25) is 0 Å². The fourth-order valence-corrected chi connectivity index (χ4v) is 3.29. The van der Waals surface area contributed by atoms with Crippen molar-refractivity contribution in [1.82, 2.24) is 5.43 Å². The third-order valence-corrected chi connectivity index (χ3v) is 5.10. The van der Waals surface area contributed by atoms with Crippen molar-refractivity contribution in [1.29, 1.82) is 0 Å². The number of esters is 1. The lowest BCUT2D eigenvalue weighted by Gasteiger charge is -2.13. The van der Waals surface area contributed by atoms with Gasteiger partial charge in [0.1, 0.15) is 5.75 Å². The van der Waals surface area contributed by atoms with E-state index in [-0.39, 0.29) is 11.3 Å².